The molecule has 0 aromatic heterocycles. The van der Waals surface area contributed by atoms with Crippen LogP contribution in [0.25, 0.3) is 0 Å². The van der Waals surface area contributed by atoms with Gasteiger partial charge in [-0.15, -0.1) is 0 Å². The van der Waals surface area contributed by atoms with E-state index in [0.717, 1.165) is 43.9 Å². The summed E-state index contributed by atoms with van der Waals surface area (Å²) in [7, 11) is 0. The third-order valence-electron chi connectivity index (χ3n) is 8.57. The summed E-state index contributed by atoms with van der Waals surface area (Å²) in [4.78, 5) is 0. The highest BCUT2D eigenvalue weighted by Crippen LogP contribution is 2.40. The Labute approximate surface area is 217 Å². The van der Waals surface area contributed by atoms with E-state index >= 15 is 0 Å². The number of aryl methyl sites for hydroxylation is 1. The zero-order chi connectivity index (χ0) is 25.3. The van der Waals surface area contributed by atoms with Crippen LogP contribution in [-0.4, -0.2) is 6.61 Å². The number of rotatable bonds is 10. The molecule has 0 spiro atoms. The molecule has 0 heterocycles. The highest BCUT2D eigenvalue weighted by Gasteiger charge is 2.26. The first kappa shape index (κ1) is 26.9. The number of allylic oxidation sites excluding steroid dienone is 2. The maximum atomic E-state index is 14.6. The third-order valence-corrected chi connectivity index (χ3v) is 8.57. The largest absolute Gasteiger partial charge is 0.491 e. The lowest BCUT2D eigenvalue weighted by molar-refractivity contribution is 0.297. The predicted molar refractivity (Wildman–Crippen MR) is 146 cm³/mol. The lowest BCUT2D eigenvalue weighted by Crippen LogP contribution is -2.15. The summed E-state index contributed by atoms with van der Waals surface area (Å²) in [6.07, 6.45) is 18.9. The Hall–Kier alpha value is -2.16. The van der Waals surface area contributed by atoms with Gasteiger partial charge in [-0.05, 0) is 124 Å². The molecule has 0 saturated heterocycles. The lowest BCUT2D eigenvalue weighted by atomic mass is 9.76. The van der Waals surface area contributed by atoms with E-state index in [1.165, 1.54) is 56.1 Å². The smallest absolute Gasteiger partial charge is 0.200 e. The summed E-state index contributed by atoms with van der Waals surface area (Å²) in [5.74, 6) is 0.765. The third kappa shape index (κ3) is 6.99. The van der Waals surface area contributed by atoms with Crippen molar-refractivity contribution in [1.29, 1.82) is 0 Å². The van der Waals surface area contributed by atoms with Crippen LogP contribution in [0.4, 0.5) is 8.78 Å². The van der Waals surface area contributed by atoms with Crippen LogP contribution in [0.15, 0.2) is 48.6 Å². The van der Waals surface area contributed by atoms with Crippen molar-refractivity contribution in [2.45, 2.75) is 103 Å². The quantitative estimate of drug-likeness (QED) is 0.299. The number of ether oxygens (including phenoxy) is 1. The molecule has 0 N–H and O–H groups in total. The molecule has 2 aliphatic carbocycles. The van der Waals surface area contributed by atoms with E-state index in [1.807, 2.05) is 0 Å². The topological polar surface area (TPSA) is 9.23 Å². The average molecular weight is 495 g/mol. The maximum Gasteiger partial charge on any atom is 0.200 e. The molecule has 2 aromatic carbocycles. The first-order chi connectivity index (χ1) is 17.6. The van der Waals surface area contributed by atoms with Crippen molar-refractivity contribution in [3.63, 3.8) is 0 Å². The second-order valence-electron chi connectivity index (χ2n) is 11.0. The molecule has 0 aliphatic heterocycles. The molecule has 0 radical (unpaired) electrons. The maximum absolute atomic E-state index is 14.6. The molecule has 2 aromatic rings. The van der Waals surface area contributed by atoms with Gasteiger partial charge < -0.3 is 4.74 Å². The molecule has 2 fully saturated rings. The van der Waals surface area contributed by atoms with E-state index in [4.69, 9.17) is 4.74 Å². The first-order valence-electron chi connectivity index (χ1n) is 14.4. The van der Waals surface area contributed by atoms with Crippen molar-refractivity contribution in [1.82, 2.24) is 0 Å². The van der Waals surface area contributed by atoms with Gasteiger partial charge in [0.2, 0.25) is 5.82 Å². The Morgan fingerprint density at radius 3 is 2.17 bits per heavy atom. The van der Waals surface area contributed by atoms with Gasteiger partial charge in [0.15, 0.2) is 11.6 Å². The second kappa shape index (κ2) is 13.4. The predicted octanol–water partition coefficient (Wildman–Crippen LogP) is 9.90. The van der Waals surface area contributed by atoms with Crippen LogP contribution in [0, 0.1) is 23.5 Å². The number of hydrogen-bond donors (Lipinski definition) is 0. The van der Waals surface area contributed by atoms with Crippen LogP contribution >= 0.6 is 0 Å². The minimum Gasteiger partial charge on any atom is -0.491 e. The molecular formula is C33H44F2O. The molecule has 0 bridgehead atoms. The zero-order valence-electron chi connectivity index (χ0n) is 22.3. The summed E-state index contributed by atoms with van der Waals surface area (Å²) in [6, 6.07) is 12.7. The molecule has 2 aliphatic rings. The number of halogens is 2. The fraction of sp³-hybridized carbons (Fsp3) is 0.576. The second-order valence-corrected chi connectivity index (χ2v) is 11.0. The lowest BCUT2D eigenvalue weighted by Gasteiger charge is -2.29. The standard InChI is InChI=1S/C33H44F2O/c1-3-7-24-10-16-27(17-11-24)28-18-12-25(13-19-28)8-5-6-9-26-14-20-29(21-15-26)30-22-23-31(36-4-2)33(35)32(30)34/h5,8,10-11,16-17,22-23,25-26,28-29H,3-4,6-7,9,12-15,18-21H2,1-2H3/t25-,26-,28-,29-. The molecule has 0 amide bonds. The van der Waals surface area contributed by atoms with Crippen LogP contribution in [-0.2, 0) is 6.42 Å². The number of hydrogen-bond acceptors (Lipinski definition) is 1. The zero-order valence-corrected chi connectivity index (χ0v) is 22.3. The average Bonchev–Trinajstić information content (AvgIpc) is 2.91. The fourth-order valence-electron chi connectivity index (χ4n) is 6.40. The molecule has 0 atom stereocenters. The van der Waals surface area contributed by atoms with Gasteiger partial charge in [0, 0.05) is 0 Å². The van der Waals surface area contributed by atoms with Gasteiger partial charge in [0.05, 0.1) is 6.61 Å². The molecule has 196 valence electrons. The minimum absolute atomic E-state index is 0.0220. The highest BCUT2D eigenvalue weighted by molar-refractivity contribution is 5.33. The van der Waals surface area contributed by atoms with Gasteiger partial charge in [0.1, 0.15) is 0 Å². The monoisotopic (exact) mass is 494 g/mol. The normalized spacial score (nSPS) is 24.8. The van der Waals surface area contributed by atoms with Gasteiger partial charge >= 0.3 is 0 Å². The first-order valence-corrected chi connectivity index (χ1v) is 14.4. The van der Waals surface area contributed by atoms with Crippen LogP contribution in [0.2, 0.25) is 0 Å². The van der Waals surface area contributed by atoms with Crippen LogP contribution in [0.5, 0.6) is 5.75 Å². The van der Waals surface area contributed by atoms with E-state index < -0.39 is 11.6 Å². The highest BCUT2D eigenvalue weighted by atomic mass is 19.2. The molecule has 36 heavy (non-hydrogen) atoms. The van der Waals surface area contributed by atoms with E-state index in [9.17, 15) is 8.78 Å². The van der Waals surface area contributed by atoms with Crippen molar-refractivity contribution in [3.8, 4) is 5.75 Å². The molecule has 2 saturated carbocycles. The summed E-state index contributed by atoms with van der Waals surface area (Å²) < 4.78 is 34.1. The molecule has 0 unspecified atom stereocenters. The van der Waals surface area contributed by atoms with E-state index in [1.54, 1.807) is 19.1 Å². The van der Waals surface area contributed by atoms with Gasteiger partial charge in [-0.25, -0.2) is 4.39 Å². The number of benzene rings is 2. The van der Waals surface area contributed by atoms with E-state index in [0.29, 0.717) is 18.1 Å². The Morgan fingerprint density at radius 2 is 1.50 bits per heavy atom. The molecule has 3 heteroatoms. The van der Waals surface area contributed by atoms with Gasteiger partial charge in [-0.1, -0.05) is 55.8 Å². The van der Waals surface area contributed by atoms with Gasteiger partial charge in [-0.3, -0.25) is 0 Å². The van der Waals surface area contributed by atoms with Crippen LogP contribution in [0.1, 0.15) is 113 Å². The summed E-state index contributed by atoms with van der Waals surface area (Å²) in [5.41, 5.74) is 3.52. The summed E-state index contributed by atoms with van der Waals surface area (Å²) >= 11 is 0. The van der Waals surface area contributed by atoms with Crippen molar-refractivity contribution >= 4 is 0 Å². The summed E-state index contributed by atoms with van der Waals surface area (Å²) in [6.45, 7) is 4.36. The molecule has 1 nitrogen and oxygen atoms in total. The van der Waals surface area contributed by atoms with E-state index in [-0.39, 0.29) is 11.7 Å². The Kier molecular flexibility index (Phi) is 10.0. The van der Waals surface area contributed by atoms with Crippen LogP contribution < -0.4 is 4.74 Å². The Morgan fingerprint density at radius 1 is 0.806 bits per heavy atom. The Bertz CT molecular complexity index is 964. The van der Waals surface area contributed by atoms with Crippen molar-refractivity contribution in [2.24, 2.45) is 11.8 Å². The SMILES string of the molecule is CCCc1ccc([C@H]2CC[C@H](C=CCC[C@H]3CC[C@H](c4ccc(OCC)c(F)c4F)CC3)CC2)cc1. The van der Waals surface area contributed by atoms with Crippen molar-refractivity contribution in [2.75, 3.05) is 6.61 Å². The Balaban J connectivity index is 1.15. The van der Waals surface area contributed by atoms with E-state index in [2.05, 4.69) is 43.3 Å². The molecule has 4 rings (SSSR count). The van der Waals surface area contributed by atoms with Gasteiger partial charge in [0.25, 0.3) is 0 Å². The van der Waals surface area contributed by atoms with Gasteiger partial charge in [-0.2, -0.15) is 4.39 Å². The van der Waals surface area contributed by atoms with Crippen LogP contribution in [0.3, 0.4) is 0 Å². The van der Waals surface area contributed by atoms with Crippen molar-refractivity contribution in [3.05, 3.63) is 76.9 Å². The minimum atomic E-state index is -0.833. The molecular weight excluding hydrogens is 450 g/mol. The summed E-state index contributed by atoms with van der Waals surface area (Å²) in [5, 5.41) is 0. The fourth-order valence-corrected chi connectivity index (χ4v) is 6.40. The van der Waals surface area contributed by atoms with Crippen molar-refractivity contribution < 1.29 is 13.5 Å².